The largest absolute Gasteiger partial charge is 0.313 e. The first kappa shape index (κ1) is 12.9. The van der Waals surface area contributed by atoms with E-state index in [9.17, 15) is 8.42 Å². The molecule has 0 saturated heterocycles. The van der Waals surface area contributed by atoms with E-state index in [0.29, 0.717) is 19.1 Å². The Morgan fingerprint density at radius 1 is 1.20 bits per heavy atom. The van der Waals surface area contributed by atoms with Gasteiger partial charge in [-0.3, -0.25) is 0 Å². The van der Waals surface area contributed by atoms with Gasteiger partial charge in [0.05, 0.1) is 5.75 Å². The average Bonchev–Trinajstić information content (AvgIpc) is 2.96. The van der Waals surface area contributed by atoms with E-state index in [4.69, 9.17) is 0 Å². The number of unbranched alkanes of at least 4 members (excludes halogenated alkanes) is 2. The lowest BCUT2D eigenvalue weighted by atomic mass is 10.3. The molecule has 1 saturated carbocycles. The van der Waals surface area contributed by atoms with E-state index in [2.05, 4.69) is 17.0 Å². The van der Waals surface area contributed by atoms with Crippen molar-refractivity contribution in [2.24, 2.45) is 0 Å². The number of sulfonamides is 1. The van der Waals surface area contributed by atoms with Crippen molar-refractivity contribution in [3.05, 3.63) is 0 Å². The number of hydrogen-bond donors (Lipinski definition) is 2. The standard InChI is InChI=1S/C10H22N2O2S/c1-2-3-4-7-12-15(13,14)9-8-11-10-5-6-10/h10-12H,2-9H2,1H3. The highest BCUT2D eigenvalue weighted by Crippen LogP contribution is 2.17. The molecule has 0 aromatic heterocycles. The monoisotopic (exact) mass is 234 g/mol. The van der Waals surface area contributed by atoms with Crippen LogP contribution in [-0.2, 0) is 10.0 Å². The lowest BCUT2D eigenvalue weighted by Crippen LogP contribution is -2.33. The zero-order valence-electron chi connectivity index (χ0n) is 9.46. The minimum atomic E-state index is -3.04. The van der Waals surface area contributed by atoms with Crippen LogP contribution in [0.3, 0.4) is 0 Å². The molecule has 5 heteroatoms. The van der Waals surface area contributed by atoms with Crippen LogP contribution in [0.25, 0.3) is 0 Å². The second kappa shape index (κ2) is 6.45. The highest BCUT2D eigenvalue weighted by atomic mass is 32.2. The van der Waals surface area contributed by atoms with Crippen LogP contribution in [0.4, 0.5) is 0 Å². The van der Waals surface area contributed by atoms with E-state index in [0.717, 1.165) is 19.3 Å². The molecule has 0 unspecified atom stereocenters. The van der Waals surface area contributed by atoms with Gasteiger partial charge in [-0.2, -0.15) is 0 Å². The first-order valence-corrected chi connectivity index (χ1v) is 7.50. The quantitative estimate of drug-likeness (QED) is 0.581. The van der Waals surface area contributed by atoms with Gasteiger partial charge in [-0.25, -0.2) is 13.1 Å². The van der Waals surface area contributed by atoms with Crippen LogP contribution < -0.4 is 10.0 Å². The Bertz CT molecular complexity index is 261. The van der Waals surface area contributed by atoms with Crippen LogP contribution in [-0.4, -0.2) is 33.3 Å². The molecule has 0 bridgehead atoms. The maximum Gasteiger partial charge on any atom is 0.212 e. The molecule has 0 spiro atoms. The Hall–Kier alpha value is -0.130. The Morgan fingerprint density at radius 2 is 1.93 bits per heavy atom. The van der Waals surface area contributed by atoms with Crippen LogP contribution in [0.2, 0.25) is 0 Å². The maximum absolute atomic E-state index is 11.4. The lowest BCUT2D eigenvalue weighted by molar-refractivity contribution is 0.571. The van der Waals surface area contributed by atoms with Gasteiger partial charge in [0.2, 0.25) is 10.0 Å². The molecule has 1 fully saturated rings. The number of nitrogens with one attached hydrogen (secondary N) is 2. The van der Waals surface area contributed by atoms with Gasteiger partial charge in [-0.15, -0.1) is 0 Å². The summed E-state index contributed by atoms with van der Waals surface area (Å²) in [4.78, 5) is 0. The summed E-state index contributed by atoms with van der Waals surface area (Å²) in [6, 6.07) is 0.584. The number of rotatable bonds is 9. The summed E-state index contributed by atoms with van der Waals surface area (Å²) in [7, 11) is -3.04. The van der Waals surface area contributed by atoms with Crippen molar-refractivity contribution in [1.29, 1.82) is 0 Å². The van der Waals surface area contributed by atoms with Gasteiger partial charge in [-0.05, 0) is 19.3 Å². The molecule has 0 aromatic rings. The third-order valence-corrected chi connectivity index (χ3v) is 3.87. The summed E-state index contributed by atoms with van der Waals surface area (Å²) in [5.74, 6) is 0.204. The second-order valence-electron chi connectivity index (χ2n) is 4.15. The van der Waals surface area contributed by atoms with Gasteiger partial charge in [-0.1, -0.05) is 19.8 Å². The molecule has 0 radical (unpaired) electrons. The summed E-state index contributed by atoms with van der Waals surface area (Å²) in [5.41, 5.74) is 0. The maximum atomic E-state index is 11.4. The van der Waals surface area contributed by atoms with Gasteiger partial charge in [0.15, 0.2) is 0 Å². The van der Waals surface area contributed by atoms with E-state index in [-0.39, 0.29) is 5.75 Å². The molecule has 2 N–H and O–H groups in total. The summed E-state index contributed by atoms with van der Waals surface area (Å²) in [5, 5.41) is 3.20. The van der Waals surface area contributed by atoms with Crippen LogP contribution in [0, 0.1) is 0 Å². The van der Waals surface area contributed by atoms with E-state index < -0.39 is 10.0 Å². The Kier molecular flexibility index (Phi) is 5.56. The molecule has 1 rings (SSSR count). The topological polar surface area (TPSA) is 58.2 Å². The fourth-order valence-corrected chi connectivity index (χ4v) is 2.35. The van der Waals surface area contributed by atoms with Gasteiger partial charge in [0, 0.05) is 19.1 Å². The van der Waals surface area contributed by atoms with Crippen molar-refractivity contribution >= 4 is 10.0 Å². The van der Waals surface area contributed by atoms with Crippen LogP contribution >= 0.6 is 0 Å². The third-order valence-electron chi connectivity index (χ3n) is 2.48. The zero-order chi connectivity index (χ0) is 11.1. The highest BCUT2D eigenvalue weighted by Gasteiger charge is 2.20. The smallest absolute Gasteiger partial charge is 0.212 e. The molecule has 1 aliphatic carbocycles. The molecule has 90 valence electrons. The summed E-state index contributed by atoms with van der Waals surface area (Å²) < 4.78 is 25.5. The molecule has 1 aliphatic rings. The molecule has 0 heterocycles. The molecule has 0 amide bonds. The predicted molar refractivity (Wildman–Crippen MR) is 62.3 cm³/mol. The van der Waals surface area contributed by atoms with E-state index in [1.807, 2.05) is 0 Å². The highest BCUT2D eigenvalue weighted by molar-refractivity contribution is 7.89. The fourth-order valence-electron chi connectivity index (χ4n) is 1.36. The molecule has 15 heavy (non-hydrogen) atoms. The van der Waals surface area contributed by atoms with Crippen LogP contribution in [0.1, 0.15) is 39.0 Å². The first-order valence-electron chi connectivity index (χ1n) is 5.85. The van der Waals surface area contributed by atoms with Crippen molar-refractivity contribution in [2.75, 3.05) is 18.8 Å². The predicted octanol–water partition coefficient (Wildman–Crippen LogP) is 0.848. The minimum absolute atomic E-state index is 0.204. The molecular weight excluding hydrogens is 212 g/mol. The molecule has 0 atom stereocenters. The number of hydrogen-bond acceptors (Lipinski definition) is 3. The second-order valence-corrected chi connectivity index (χ2v) is 6.08. The van der Waals surface area contributed by atoms with Crippen molar-refractivity contribution in [3.8, 4) is 0 Å². The Labute approximate surface area is 92.9 Å². The van der Waals surface area contributed by atoms with E-state index in [1.165, 1.54) is 12.8 Å². The van der Waals surface area contributed by atoms with Gasteiger partial charge < -0.3 is 5.32 Å². The molecule has 4 nitrogen and oxygen atoms in total. The average molecular weight is 234 g/mol. The first-order chi connectivity index (χ1) is 7.14. The molecule has 0 aliphatic heterocycles. The van der Waals surface area contributed by atoms with E-state index >= 15 is 0 Å². The SMILES string of the molecule is CCCCCNS(=O)(=O)CCNC1CC1. The van der Waals surface area contributed by atoms with Gasteiger partial charge >= 0.3 is 0 Å². The summed E-state index contributed by atoms with van der Waals surface area (Å²) >= 11 is 0. The van der Waals surface area contributed by atoms with Crippen molar-refractivity contribution in [1.82, 2.24) is 10.0 Å². The normalized spacial score (nSPS) is 16.9. The van der Waals surface area contributed by atoms with Crippen molar-refractivity contribution < 1.29 is 8.42 Å². The molecular formula is C10H22N2O2S. The van der Waals surface area contributed by atoms with E-state index in [1.54, 1.807) is 0 Å². The van der Waals surface area contributed by atoms with Gasteiger partial charge in [0.25, 0.3) is 0 Å². The van der Waals surface area contributed by atoms with Crippen molar-refractivity contribution in [3.63, 3.8) is 0 Å². The Morgan fingerprint density at radius 3 is 2.53 bits per heavy atom. The van der Waals surface area contributed by atoms with Crippen molar-refractivity contribution in [2.45, 2.75) is 45.1 Å². The zero-order valence-corrected chi connectivity index (χ0v) is 10.3. The summed E-state index contributed by atoms with van der Waals surface area (Å²) in [6.45, 7) is 3.27. The van der Waals surface area contributed by atoms with Crippen LogP contribution in [0.5, 0.6) is 0 Å². The van der Waals surface area contributed by atoms with Gasteiger partial charge in [0.1, 0.15) is 0 Å². The van der Waals surface area contributed by atoms with Crippen LogP contribution in [0.15, 0.2) is 0 Å². The Balaban J connectivity index is 2.02. The molecule has 0 aromatic carbocycles. The third kappa shape index (κ3) is 6.87. The summed E-state index contributed by atoms with van der Waals surface area (Å²) in [6.07, 6.45) is 5.54. The minimum Gasteiger partial charge on any atom is -0.313 e. The lowest BCUT2D eigenvalue weighted by Gasteiger charge is -2.06. The fraction of sp³-hybridized carbons (Fsp3) is 1.00.